The number of nitrogens with zero attached hydrogens (tertiary/aromatic N) is 3. The van der Waals surface area contributed by atoms with Crippen LogP contribution >= 0.6 is 0 Å². The van der Waals surface area contributed by atoms with Crippen LogP contribution in [0.2, 0.25) is 0 Å². The summed E-state index contributed by atoms with van der Waals surface area (Å²) in [5.41, 5.74) is -0.899. The minimum absolute atomic E-state index is 0.284. The van der Waals surface area contributed by atoms with Crippen LogP contribution in [0.1, 0.15) is 39.0 Å². The van der Waals surface area contributed by atoms with Gasteiger partial charge in [-0.2, -0.15) is 0 Å². The third-order valence-electron chi connectivity index (χ3n) is 5.76. The van der Waals surface area contributed by atoms with Gasteiger partial charge < -0.3 is 24.6 Å². The van der Waals surface area contributed by atoms with Crippen LogP contribution in [-0.4, -0.2) is 96.1 Å². The van der Waals surface area contributed by atoms with E-state index in [1.54, 1.807) is 6.92 Å². The van der Waals surface area contributed by atoms with Crippen LogP contribution in [0.4, 0.5) is 9.59 Å². The van der Waals surface area contributed by atoms with Gasteiger partial charge in [0.25, 0.3) is 11.8 Å². The van der Waals surface area contributed by atoms with E-state index in [2.05, 4.69) is 5.32 Å². The van der Waals surface area contributed by atoms with Crippen LogP contribution in [-0.2, 0) is 23.9 Å². The van der Waals surface area contributed by atoms with Crippen molar-refractivity contribution in [3.63, 3.8) is 0 Å². The van der Waals surface area contributed by atoms with Crippen molar-refractivity contribution in [1.82, 2.24) is 20.0 Å². The Morgan fingerprint density at radius 1 is 0.967 bits per heavy atom. The number of nitrogens with one attached hydrogen (secondary N) is 1. The molecule has 2 saturated heterocycles. The molecule has 2 aliphatic heterocycles. The fourth-order valence-electron chi connectivity index (χ4n) is 4.08. The molecule has 0 bridgehead atoms. The van der Waals surface area contributed by atoms with Gasteiger partial charge in [0.2, 0.25) is 0 Å². The smallest absolute Gasteiger partial charge is 0.409 e. The number of hydrogen-bond donors (Lipinski definition) is 1. The van der Waals surface area contributed by atoms with Gasteiger partial charge in [0.05, 0.1) is 6.61 Å². The maximum absolute atomic E-state index is 12.7. The molecule has 1 N–H and O–H groups in total. The molecule has 3 rings (SSSR count). The average molecular weight is 424 g/mol. The SMILES string of the molecule is CCOC(=O)N1CCN(C(=O)COC(=O)CN2C(=O)NC3(CCCCC3)C2=O)CC1. The number of rotatable bonds is 5. The highest BCUT2D eigenvalue weighted by molar-refractivity contribution is 6.08. The van der Waals surface area contributed by atoms with Crippen molar-refractivity contribution in [2.45, 2.75) is 44.6 Å². The predicted octanol–water partition coefficient (Wildman–Crippen LogP) is 0.0850. The first-order chi connectivity index (χ1) is 14.4. The van der Waals surface area contributed by atoms with Crippen LogP contribution in [0.3, 0.4) is 0 Å². The Hall–Kier alpha value is -2.85. The average Bonchev–Trinajstić information content (AvgIpc) is 2.96. The van der Waals surface area contributed by atoms with Gasteiger partial charge in [-0.25, -0.2) is 9.59 Å². The predicted molar refractivity (Wildman–Crippen MR) is 102 cm³/mol. The molecule has 0 aromatic rings. The number of imide groups is 1. The van der Waals surface area contributed by atoms with E-state index < -0.39 is 48.6 Å². The van der Waals surface area contributed by atoms with Gasteiger partial charge in [-0.05, 0) is 19.8 Å². The molecule has 0 atom stereocenters. The first-order valence-corrected chi connectivity index (χ1v) is 10.4. The Morgan fingerprint density at radius 3 is 2.23 bits per heavy atom. The molecule has 0 unspecified atom stereocenters. The van der Waals surface area contributed by atoms with Crippen LogP contribution in [0.15, 0.2) is 0 Å². The van der Waals surface area contributed by atoms with Gasteiger partial charge in [0, 0.05) is 26.2 Å². The van der Waals surface area contributed by atoms with Gasteiger partial charge in [0.15, 0.2) is 6.61 Å². The zero-order valence-electron chi connectivity index (χ0n) is 17.2. The second-order valence-corrected chi connectivity index (χ2v) is 7.69. The molecule has 30 heavy (non-hydrogen) atoms. The minimum Gasteiger partial charge on any atom is -0.454 e. The summed E-state index contributed by atoms with van der Waals surface area (Å²) >= 11 is 0. The summed E-state index contributed by atoms with van der Waals surface area (Å²) in [6, 6.07) is -0.597. The summed E-state index contributed by atoms with van der Waals surface area (Å²) in [5, 5.41) is 2.73. The van der Waals surface area contributed by atoms with Crippen molar-refractivity contribution in [1.29, 1.82) is 0 Å². The highest BCUT2D eigenvalue weighted by Crippen LogP contribution is 2.33. The van der Waals surface area contributed by atoms with E-state index >= 15 is 0 Å². The lowest BCUT2D eigenvalue weighted by Gasteiger charge is -2.33. The highest BCUT2D eigenvalue weighted by Gasteiger charge is 2.51. The van der Waals surface area contributed by atoms with Crippen LogP contribution < -0.4 is 5.32 Å². The van der Waals surface area contributed by atoms with E-state index in [-0.39, 0.29) is 6.61 Å². The van der Waals surface area contributed by atoms with Gasteiger partial charge in [-0.1, -0.05) is 19.3 Å². The van der Waals surface area contributed by atoms with Crippen molar-refractivity contribution in [2.24, 2.45) is 0 Å². The molecule has 1 saturated carbocycles. The minimum atomic E-state index is -0.899. The lowest BCUT2D eigenvalue weighted by atomic mass is 9.82. The van der Waals surface area contributed by atoms with Crippen LogP contribution in [0.5, 0.6) is 0 Å². The molecule has 0 aromatic heterocycles. The van der Waals surface area contributed by atoms with E-state index in [1.807, 2.05) is 0 Å². The Morgan fingerprint density at radius 2 is 1.60 bits per heavy atom. The van der Waals surface area contributed by atoms with E-state index in [4.69, 9.17) is 9.47 Å². The number of ether oxygens (including phenoxy) is 2. The molecule has 3 aliphatic rings. The first-order valence-electron chi connectivity index (χ1n) is 10.4. The van der Waals surface area contributed by atoms with E-state index in [0.29, 0.717) is 39.0 Å². The molecule has 11 nitrogen and oxygen atoms in total. The summed E-state index contributed by atoms with van der Waals surface area (Å²) in [5.74, 6) is -1.61. The lowest BCUT2D eigenvalue weighted by Crippen LogP contribution is -2.51. The summed E-state index contributed by atoms with van der Waals surface area (Å²) in [7, 11) is 0. The molecule has 0 radical (unpaired) electrons. The fourth-order valence-corrected chi connectivity index (χ4v) is 4.08. The van der Waals surface area contributed by atoms with Crippen LogP contribution in [0.25, 0.3) is 0 Å². The van der Waals surface area contributed by atoms with Crippen molar-refractivity contribution >= 4 is 29.9 Å². The summed E-state index contributed by atoms with van der Waals surface area (Å²) in [6.45, 7) is 2.30. The maximum atomic E-state index is 12.7. The second-order valence-electron chi connectivity index (χ2n) is 7.69. The number of esters is 1. The quantitative estimate of drug-likeness (QED) is 0.489. The topological polar surface area (TPSA) is 126 Å². The van der Waals surface area contributed by atoms with Crippen LogP contribution in [0, 0.1) is 0 Å². The largest absolute Gasteiger partial charge is 0.454 e. The molecule has 1 spiro atoms. The number of amides is 5. The lowest BCUT2D eigenvalue weighted by molar-refractivity contribution is -0.154. The van der Waals surface area contributed by atoms with E-state index in [1.165, 1.54) is 9.80 Å². The zero-order valence-corrected chi connectivity index (χ0v) is 17.2. The monoisotopic (exact) mass is 424 g/mol. The van der Waals surface area contributed by atoms with Crippen molar-refractivity contribution in [2.75, 3.05) is 45.9 Å². The molecule has 0 aromatic carbocycles. The molecular formula is C19H28N4O7. The number of hydrogen-bond acceptors (Lipinski definition) is 7. The maximum Gasteiger partial charge on any atom is 0.409 e. The number of urea groups is 1. The molecule has 2 heterocycles. The van der Waals surface area contributed by atoms with Crippen molar-refractivity contribution in [3.8, 4) is 0 Å². The second kappa shape index (κ2) is 9.31. The summed E-state index contributed by atoms with van der Waals surface area (Å²) in [4.78, 5) is 64.8. The molecule has 166 valence electrons. The Kier molecular flexibility index (Phi) is 6.78. The molecular weight excluding hydrogens is 396 g/mol. The highest BCUT2D eigenvalue weighted by atomic mass is 16.6. The van der Waals surface area contributed by atoms with Crippen molar-refractivity contribution in [3.05, 3.63) is 0 Å². The Labute approximate surface area is 174 Å². The Balaban J connectivity index is 1.43. The standard InChI is InChI=1S/C19H28N4O7/c1-2-29-18(28)22-10-8-21(9-11-22)14(24)13-30-15(25)12-23-16(26)19(20-17(23)27)6-4-3-5-7-19/h2-13H2,1H3,(H,20,27). The third-order valence-corrected chi connectivity index (χ3v) is 5.76. The van der Waals surface area contributed by atoms with Gasteiger partial charge in [0.1, 0.15) is 12.1 Å². The molecule has 1 aliphatic carbocycles. The molecule has 3 fully saturated rings. The fraction of sp³-hybridized carbons (Fsp3) is 0.737. The zero-order chi connectivity index (χ0) is 21.7. The third kappa shape index (κ3) is 4.65. The number of carbonyl (C=O) groups excluding carboxylic acids is 5. The molecule has 5 amide bonds. The van der Waals surface area contributed by atoms with Crippen molar-refractivity contribution < 1.29 is 33.4 Å². The normalized spacial score (nSPS) is 20.9. The summed E-state index contributed by atoms with van der Waals surface area (Å²) < 4.78 is 9.92. The Bertz CT molecular complexity index is 712. The van der Waals surface area contributed by atoms with Gasteiger partial charge in [-0.15, -0.1) is 0 Å². The number of piperazine rings is 1. The van der Waals surface area contributed by atoms with E-state index in [0.717, 1.165) is 24.2 Å². The van der Waals surface area contributed by atoms with Gasteiger partial charge in [-0.3, -0.25) is 19.3 Å². The summed E-state index contributed by atoms with van der Waals surface area (Å²) in [6.07, 6.45) is 3.44. The van der Waals surface area contributed by atoms with E-state index in [9.17, 15) is 24.0 Å². The van der Waals surface area contributed by atoms with Gasteiger partial charge >= 0.3 is 18.1 Å². The molecule has 11 heteroatoms. The first kappa shape index (κ1) is 21.8. The number of carbonyl (C=O) groups is 5.